The highest BCUT2D eigenvalue weighted by atomic mass is 35.5. The first-order valence-corrected chi connectivity index (χ1v) is 8.71. The number of rotatable bonds is 5. The van der Waals surface area contributed by atoms with E-state index in [1.165, 1.54) is 0 Å². The van der Waals surface area contributed by atoms with Crippen molar-refractivity contribution < 1.29 is 4.79 Å². The molecule has 3 rings (SSSR count). The first-order valence-electron chi connectivity index (χ1n) is 7.45. The Morgan fingerprint density at radius 2 is 2.00 bits per heavy atom. The van der Waals surface area contributed by atoms with E-state index in [4.69, 9.17) is 11.6 Å². The molecule has 0 aliphatic carbocycles. The number of thiophene rings is 1. The minimum Gasteiger partial charge on any atom is -0.344 e. The summed E-state index contributed by atoms with van der Waals surface area (Å²) in [6, 6.07) is 11.6. The summed E-state index contributed by atoms with van der Waals surface area (Å²) in [6.07, 6.45) is 0. The summed E-state index contributed by atoms with van der Waals surface area (Å²) in [5.41, 5.74) is 1.05. The van der Waals surface area contributed by atoms with E-state index < -0.39 is 0 Å². The lowest BCUT2D eigenvalue weighted by atomic mass is 9.88. The third-order valence-corrected chi connectivity index (χ3v) is 5.44. The molecule has 6 heteroatoms. The van der Waals surface area contributed by atoms with Crippen molar-refractivity contribution in [3.63, 3.8) is 0 Å². The van der Waals surface area contributed by atoms with E-state index in [2.05, 4.69) is 16.7 Å². The van der Waals surface area contributed by atoms with Crippen LogP contribution in [0.25, 0.3) is 0 Å². The quantitative estimate of drug-likeness (QED) is 0.838. The van der Waals surface area contributed by atoms with E-state index in [0.717, 1.165) is 23.5 Å². The van der Waals surface area contributed by atoms with Crippen molar-refractivity contribution in [2.45, 2.75) is 13.0 Å². The van der Waals surface area contributed by atoms with Crippen molar-refractivity contribution in [3.8, 4) is 0 Å². The smallest absolute Gasteiger partial charge is 0.223 e. The number of carbonyl (C=O) groups excluding carboxylic acids is 1. The molecule has 0 saturated carbocycles. The Kier molecular flexibility index (Phi) is 6.48. The second-order valence-corrected chi connectivity index (χ2v) is 7.13. The Balaban J connectivity index is 0.00000192. The zero-order chi connectivity index (χ0) is 15.5. The molecular formula is C17H20Cl2N2OS. The molecule has 23 heavy (non-hydrogen) atoms. The molecule has 2 unspecified atom stereocenters. The van der Waals surface area contributed by atoms with E-state index in [1.807, 2.05) is 42.6 Å². The zero-order valence-corrected chi connectivity index (χ0v) is 15.2. The third kappa shape index (κ3) is 4.27. The van der Waals surface area contributed by atoms with Gasteiger partial charge in [-0.3, -0.25) is 4.79 Å². The number of carbonyl (C=O) groups is 1. The van der Waals surface area contributed by atoms with E-state index in [9.17, 15) is 4.79 Å². The molecule has 0 bridgehead atoms. The van der Waals surface area contributed by atoms with Gasteiger partial charge in [-0.2, -0.15) is 0 Å². The van der Waals surface area contributed by atoms with Gasteiger partial charge in [-0.15, -0.1) is 23.7 Å². The monoisotopic (exact) mass is 370 g/mol. The Morgan fingerprint density at radius 1 is 1.30 bits per heavy atom. The van der Waals surface area contributed by atoms with E-state index in [0.29, 0.717) is 10.9 Å². The van der Waals surface area contributed by atoms with Crippen LogP contribution < -0.4 is 10.6 Å². The Morgan fingerprint density at radius 3 is 2.52 bits per heavy atom. The lowest BCUT2D eigenvalue weighted by Crippen LogP contribution is -2.50. The molecule has 1 aliphatic rings. The van der Waals surface area contributed by atoms with Crippen LogP contribution in [-0.4, -0.2) is 19.0 Å². The van der Waals surface area contributed by atoms with Crippen LogP contribution in [0.15, 0.2) is 41.8 Å². The van der Waals surface area contributed by atoms with Gasteiger partial charge < -0.3 is 10.6 Å². The van der Waals surface area contributed by atoms with Crippen molar-refractivity contribution in [2.24, 2.45) is 11.8 Å². The molecule has 124 valence electrons. The van der Waals surface area contributed by atoms with Gasteiger partial charge in [-0.25, -0.2) is 0 Å². The Labute approximate surface area is 151 Å². The summed E-state index contributed by atoms with van der Waals surface area (Å²) in [5.74, 6) is 0.574. The van der Waals surface area contributed by atoms with Crippen LogP contribution in [0, 0.1) is 11.8 Å². The van der Waals surface area contributed by atoms with Crippen LogP contribution in [0.4, 0.5) is 0 Å². The first kappa shape index (κ1) is 18.3. The molecule has 1 aromatic heterocycles. The number of nitrogens with one attached hydrogen (secondary N) is 2. The molecule has 1 aliphatic heterocycles. The van der Waals surface area contributed by atoms with Crippen molar-refractivity contribution in [2.75, 3.05) is 13.1 Å². The fraction of sp³-hybridized carbons (Fsp3) is 0.353. The van der Waals surface area contributed by atoms with Crippen LogP contribution in [0.3, 0.4) is 0 Å². The fourth-order valence-electron chi connectivity index (χ4n) is 2.58. The molecule has 0 spiro atoms. The van der Waals surface area contributed by atoms with Crippen molar-refractivity contribution in [1.82, 2.24) is 10.6 Å². The van der Waals surface area contributed by atoms with Gasteiger partial charge in [0.2, 0.25) is 5.91 Å². The predicted octanol–water partition coefficient (Wildman–Crippen LogP) is 3.88. The average molecular weight is 371 g/mol. The summed E-state index contributed by atoms with van der Waals surface area (Å²) in [7, 11) is 0. The number of benzene rings is 1. The number of amides is 1. The van der Waals surface area contributed by atoms with Crippen LogP contribution >= 0.6 is 35.3 Å². The molecular weight excluding hydrogens is 351 g/mol. The lowest BCUT2D eigenvalue weighted by Gasteiger charge is -2.32. The maximum absolute atomic E-state index is 12.6. The van der Waals surface area contributed by atoms with Gasteiger partial charge in [0.25, 0.3) is 0 Å². The largest absolute Gasteiger partial charge is 0.344 e. The van der Waals surface area contributed by atoms with Gasteiger partial charge in [-0.1, -0.05) is 36.7 Å². The Hall–Kier alpha value is -1.07. The summed E-state index contributed by atoms with van der Waals surface area (Å²) in [5, 5.41) is 9.16. The van der Waals surface area contributed by atoms with Crippen LogP contribution in [0.5, 0.6) is 0 Å². The molecule has 0 radical (unpaired) electrons. The maximum Gasteiger partial charge on any atom is 0.223 e. The second kappa shape index (κ2) is 8.15. The number of hydrogen-bond acceptors (Lipinski definition) is 3. The van der Waals surface area contributed by atoms with E-state index >= 15 is 0 Å². The number of hydrogen-bond donors (Lipinski definition) is 2. The predicted molar refractivity (Wildman–Crippen MR) is 98.5 cm³/mol. The second-order valence-electron chi connectivity index (χ2n) is 5.72. The molecule has 1 amide bonds. The molecule has 2 aromatic rings. The first-order chi connectivity index (χ1) is 10.6. The SMILES string of the molecule is CC(C(=O)NC(c1ccc(Cl)cc1)c1cccs1)C1CNC1.Cl. The van der Waals surface area contributed by atoms with Gasteiger partial charge >= 0.3 is 0 Å². The highest BCUT2D eigenvalue weighted by Gasteiger charge is 2.30. The minimum absolute atomic E-state index is 0. The molecule has 2 atom stereocenters. The van der Waals surface area contributed by atoms with Gasteiger partial charge in [-0.05, 0) is 48.2 Å². The standard InChI is InChI=1S/C17H19ClN2OS.ClH/c1-11(13-9-19-10-13)17(21)20-16(15-3-2-8-22-15)12-4-6-14(18)7-5-12;/h2-8,11,13,16,19H,9-10H2,1H3,(H,20,21);1H. The summed E-state index contributed by atoms with van der Waals surface area (Å²) >= 11 is 7.63. The molecule has 3 nitrogen and oxygen atoms in total. The van der Waals surface area contributed by atoms with Crippen molar-refractivity contribution in [3.05, 3.63) is 57.2 Å². The highest BCUT2D eigenvalue weighted by Crippen LogP contribution is 2.28. The zero-order valence-electron chi connectivity index (χ0n) is 12.8. The average Bonchev–Trinajstić information content (AvgIpc) is 2.97. The van der Waals surface area contributed by atoms with Crippen molar-refractivity contribution >= 4 is 41.3 Å². The lowest BCUT2D eigenvalue weighted by molar-refractivity contribution is -0.127. The minimum atomic E-state index is -0.111. The summed E-state index contributed by atoms with van der Waals surface area (Å²) in [4.78, 5) is 13.7. The molecule has 2 heterocycles. The molecule has 1 aromatic carbocycles. The molecule has 1 saturated heterocycles. The summed E-state index contributed by atoms with van der Waals surface area (Å²) in [6.45, 7) is 3.87. The topological polar surface area (TPSA) is 41.1 Å². The van der Waals surface area contributed by atoms with Crippen LogP contribution in [0.1, 0.15) is 23.4 Å². The van der Waals surface area contributed by atoms with Gasteiger partial charge in [0, 0.05) is 15.8 Å². The van der Waals surface area contributed by atoms with Crippen LogP contribution in [-0.2, 0) is 4.79 Å². The Bertz CT molecular complexity index is 627. The van der Waals surface area contributed by atoms with Crippen molar-refractivity contribution in [1.29, 1.82) is 0 Å². The van der Waals surface area contributed by atoms with E-state index in [-0.39, 0.29) is 30.3 Å². The fourth-order valence-corrected chi connectivity index (χ4v) is 3.51. The van der Waals surface area contributed by atoms with Gasteiger partial charge in [0.05, 0.1) is 6.04 Å². The summed E-state index contributed by atoms with van der Waals surface area (Å²) < 4.78 is 0. The highest BCUT2D eigenvalue weighted by molar-refractivity contribution is 7.10. The van der Waals surface area contributed by atoms with Gasteiger partial charge in [0.1, 0.15) is 0 Å². The number of halogens is 2. The maximum atomic E-state index is 12.6. The molecule has 2 N–H and O–H groups in total. The molecule has 1 fully saturated rings. The third-order valence-electron chi connectivity index (χ3n) is 4.25. The van der Waals surface area contributed by atoms with Gasteiger partial charge in [0.15, 0.2) is 0 Å². The van der Waals surface area contributed by atoms with E-state index in [1.54, 1.807) is 11.3 Å². The van der Waals surface area contributed by atoms with Crippen LogP contribution in [0.2, 0.25) is 5.02 Å². The normalized spacial score (nSPS) is 16.8.